The third-order valence-electron chi connectivity index (χ3n) is 7.37. The molecule has 2 N–H and O–H groups in total. The van der Waals surface area contributed by atoms with Gasteiger partial charge in [-0.2, -0.15) is 5.26 Å². The average molecular weight is 510 g/mol. The Morgan fingerprint density at radius 2 is 2.14 bits per heavy atom. The van der Waals surface area contributed by atoms with Crippen molar-refractivity contribution in [3.8, 4) is 11.8 Å². The van der Waals surface area contributed by atoms with Gasteiger partial charge in [0.2, 0.25) is 0 Å². The number of rotatable bonds is 4. The van der Waals surface area contributed by atoms with E-state index >= 15 is 4.39 Å². The molecule has 36 heavy (non-hydrogen) atoms. The Balaban J connectivity index is 1.24. The molecule has 2 bridgehead atoms. The highest BCUT2D eigenvalue weighted by atomic mass is 35.5. The van der Waals surface area contributed by atoms with Crippen molar-refractivity contribution in [1.29, 1.82) is 5.26 Å². The number of nitriles is 1. The SMILES string of the molecule is CCn1ccc2c(Cl)c(C(=O)N[C@H]3COc4c(C#N)c(N5CC6CCC(C5)N6)cc(F)c4C3)nnc21. The van der Waals surface area contributed by atoms with E-state index < -0.39 is 17.8 Å². The fourth-order valence-electron chi connectivity index (χ4n) is 5.61. The van der Waals surface area contributed by atoms with Crippen LogP contribution in [0.2, 0.25) is 5.02 Å². The summed E-state index contributed by atoms with van der Waals surface area (Å²) in [5.41, 5.74) is 1.82. The summed E-state index contributed by atoms with van der Waals surface area (Å²) in [6, 6.07) is 5.66. The molecule has 0 saturated carbocycles. The fourth-order valence-corrected chi connectivity index (χ4v) is 5.88. The van der Waals surface area contributed by atoms with Crippen molar-refractivity contribution in [2.45, 2.75) is 50.9 Å². The summed E-state index contributed by atoms with van der Waals surface area (Å²) < 4.78 is 23.1. The maximum atomic E-state index is 15.3. The maximum absolute atomic E-state index is 15.3. The number of anilines is 1. The molecule has 186 valence electrons. The van der Waals surface area contributed by atoms with E-state index in [1.165, 1.54) is 6.07 Å². The minimum atomic E-state index is -0.513. The molecule has 2 aromatic heterocycles. The summed E-state index contributed by atoms with van der Waals surface area (Å²) in [4.78, 5) is 15.1. The molecule has 2 fully saturated rings. The number of ether oxygens (including phenoxy) is 1. The maximum Gasteiger partial charge on any atom is 0.273 e. The number of nitrogens with zero attached hydrogens (tertiary/aromatic N) is 5. The Hall–Kier alpha value is -3.42. The van der Waals surface area contributed by atoms with Gasteiger partial charge in [0, 0.05) is 55.3 Å². The van der Waals surface area contributed by atoms with E-state index in [4.69, 9.17) is 16.3 Å². The first-order chi connectivity index (χ1) is 17.5. The number of halogens is 2. The van der Waals surface area contributed by atoms with Crippen LogP contribution in [0.25, 0.3) is 11.0 Å². The number of hydrogen-bond acceptors (Lipinski definition) is 7. The Bertz CT molecular complexity index is 1410. The second kappa shape index (κ2) is 8.91. The number of nitrogens with one attached hydrogen (secondary N) is 2. The van der Waals surface area contributed by atoms with Crippen molar-refractivity contribution >= 4 is 34.2 Å². The van der Waals surface area contributed by atoms with Crippen molar-refractivity contribution < 1.29 is 13.9 Å². The van der Waals surface area contributed by atoms with Crippen LogP contribution in [-0.2, 0) is 13.0 Å². The molecule has 9 nitrogen and oxygen atoms in total. The standard InChI is InChI=1S/C25H25ClFN7O2/c1-2-33-6-5-16-21(26)22(31-32-24(16)33)25(35)30-15-7-17-19(27)8-20(18(9-28)23(17)36-12-15)34-10-13-3-4-14(11-34)29-13/h5-6,8,13-15,29H,2-4,7,10-12H2,1H3,(H,30,35)/t13?,14?,15-/m1/s1. The zero-order valence-electron chi connectivity index (χ0n) is 19.7. The number of carbonyl (C=O) groups is 1. The molecule has 1 aromatic carbocycles. The Kier molecular flexibility index (Phi) is 5.69. The topological polar surface area (TPSA) is 108 Å². The van der Waals surface area contributed by atoms with Crippen LogP contribution in [0.15, 0.2) is 18.3 Å². The van der Waals surface area contributed by atoms with Gasteiger partial charge in [0.05, 0.1) is 16.8 Å². The molecule has 1 amide bonds. The van der Waals surface area contributed by atoms with Crippen molar-refractivity contribution in [2.24, 2.45) is 0 Å². The molecule has 0 aliphatic carbocycles. The number of hydrogen-bond donors (Lipinski definition) is 2. The lowest BCUT2D eigenvalue weighted by molar-refractivity contribution is 0.0908. The molecule has 3 atom stereocenters. The Labute approximate surface area is 212 Å². The average Bonchev–Trinajstić information content (AvgIpc) is 3.46. The fraction of sp³-hybridized carbons (Fsp3) is 0.440. The monoisotopic (exact) mass is 509 g/mol. The van der Waals surface area contributed by atoms with Crippen LogP contribution >= 0.6 is 11.6 Å². The summed E-state index contributed by atoms with van der Waals surface area (Å²) in [6.45, 7) is 4.24. The van der Waals surface area contributed by atoms with Gasteiger partial charge in [0.25, 0.3) is 5.91 Å². The van der Waals surface area contributed by atoms with Gasteiger partial charge in [-0.05, 0) is 31.9 Å². The first-order valence-electron chi connectivity index (χ1n) is 12.2. The zero-order chi connectivity index (χ0) is 25.0. The molecular weight excluding hydrogens is 485 g/mol. The molecule has 3 aromatic rings. The quantitative estimate of drug-likeness (QED) is 0.556. The molecule has 3 aliphatic rings. The third-order valence-corrected chi connectivity index (χ3v) is 7.75. The van der Waals surface area contributed by atoms with Crippen LogP contribution in [0.4, 0.5) is 10.1 Å². The van der Waals surface area contributed by atoms with Crippen molar-refractivity contribution in [1.82, 2.24) is 25.4 Å². The number of fused-ring (bicyclic) bond motifs is 4. The lowest BCUT2D eigenvalue weighted by Crippen LogP contribution is -2.51. The van der Waals surface area contributed by atoms with Crippen LogP contribution in [0.1, 0.15) is 41.4 Å². The van der Waals surface area contributed by atoms with Gasteiger partial charge in [-0.25, -0.2) is 4.39 Å². The van der Waals surface area contributed by atoms with Gasteiger partial charge < -0.3 is 24.8 Å². The van der Waals surface area contributed by atoms with Gasteiger partial charge in [0.15, 0.2) is 11.3 Å². The summed E-state index contributed by atoms with van der Waals surface area (Å²) in [7, 11) is 0. The highest BCUT2D eigenvalue weighted by molar-refractivity contribution is 6.38. The minimum Gasteiger partial charge on any atom is -0.490 e. The van der Waals surface area contributed by atoms with Gasteiger partial charge in [0.1, 0.15) is 29.8 Å². The van der Waals surface area contributed by atoms with E-state index in [1.807, 2.05) is 17.7 Å². The minimum absolute atomic E-state index is 0.00527. The smallest absolute Gasteiger partial charge is 0.273 e. The summed E-state index contributed by atoms with van der Waals surface area (Å²) in [5, 5.41) is 25.4. The predicted octanol–water partition coefficient (Wildman–Crippen LogP) is 2.79. The van der Waals surface area contributed by atoms with Gasteiger partial charge in [-0.3, -0.25) is 4.79 Å². The van der Waals surface area contributed by atoms with Crippen LogP contribution in [0.3, 0.4) is 0 Å². The van der Waals surface area contributed by atoms with Crippen molar-refractivity contribution in [3.05, 3.63) is 46.0 Å². The van der Waals surface area contributed by atoms with Crippen LogP contribution in [-0.4, -0.2) is 58.5 Å². The van der Waals surface area contributed by atoms with E-state index in [0.717, 1.165) is 25.9 Å². The molecule has 11 heteroatoms. The molecule has 6 rings (SSSR count). The third kappa shape index (κ3) is 3.74. The Morgan fingerprint density at radius 1 is 1.36 bits per heavy atom. The zero-order valence-corrected chi connectivity index (χ0v) is 20.5. The summed E-state index contributed by atoms with van der Waals surface area (Å²) in [6.07, 6.45) is 4.20. The first-order valence-corrected chi connectivity index (χ1v) is 12.6. The Morgan fingerprint density at radius 3 is 2.86 bits per heavy atom. The first kappa shape index (κ1) is 23.0. The van der Waals surface area contributed by atoms with Crippen molar-refractivity contribution in [3.63, 3.8) is 0 Å². The van der Waals surface area contributed by atoms with E-state index in [-0.39, 0.29) is 35.1 Å². The van der Waals surface area contributed by atoms with Gasteiger partial charge >= 0.3 is 0 Å². The van der Waals surface area contributed by atoms with E-state index in [2.05, 4.69) is 31.8 Å². The molecule has 0 spiro atoms. The number of piperazine rings is 1. The highest BCUT2D eigenvalue weighted by Gasteiger charge is 2.36. The molecule has 2 unspecified atom stereocenters. The van der Waals surface area contributed by atoms with Crippen LogP contribution in [0.5, 0.6) is 5.75 Å². The molecule has 5 heterocycles. The lowest BCUT2D eigenvalue weighted by Gasteiger charge is -2.36. The molecule has 0 radical (unpaired) electrons. The molecule has 2 saturated heterocycles. The summed E-state index contributed by atoms with van der Waals surface area (Å²) >= 11 is 6.47. The van der Waals surface area contributed by atoms with Crippen molar-refractivity contribution in [2.75, 3.05) is 24.6 Å². The number of aromatic nitrogens is 3. The lowest BCUT2D eigenvalue weighted by atomic mass is 9.96. The normalized spacial score (nSPS) is 22.7. The van der Waals surface area contributed by atoms with Crippen LogP contribution in [0, 0.1) is 17.1 Å². The number of benzene rings is 1. The van der Waals surface area contributed by atoms with Gasteiger partial charge in [-0.1, -0.05) is 11.6 Å². The number of aryl methyl sites for hydroxylation is 1. The molecular formula is C25H25ClFN7O2. The summed E-state index contributed by atoms with van der Waals surface area (Å²) in [5.74, 6) is -0.683. The highest BCUT2D eigenvalue weighted by Crippen LogP contribution is 2.39. The largest absolute Gasteiger partial charge is 0.490 e. The van der Waals surface area contributed by atoms with Crippen LogP contribution < -0.4 is 20.3 Å². The second-order valence-electron chi connectivity index (χ2n) is 9.60. The molecule has 3 aliphatic heterocycles. The number of amides is 1. The van der Waals surface area contributed by atoms with Gasteiger partial charge in [-0.15, -0.1) is 10.2 Å². The second-order valence-corrected chi connectivity index (χ2v) is 9.98. The number of carbonyl (C=O) groups excluding carboxylic acids is 1. The van der Waals surface area contributed by atoms with E-state index in [1.54, 1.807) is 6.07 Å². The predicted molar refractivity (Wildman–Crippen MR) is 132 cm³/mol. The van der Waals surface area contributed by atoms with E-state index in [0.29, 0.717) is 40.9 Å². The van der Waals surface area contributed by atoms with E-state index in [9.17, 15) is 10.1 Å².